The summed E-state index contributed by atoms with van der Waals surface area (Å²) < 4.78 is 11.3. The first-order chi connectivity index (χ1) is 9.22. The van der Waals surface area contributed by atoms with Gasteiger partial charge in [-0.15, -0.1) is 0 Å². The molecule has 0 bridgehead atoms. The summed E-state index contributed by atoms with van der Waals surface area (Å²) in [6, 6.07) is 8.57. The number of hydrogen-bond donors (Lipinski definition) is 1. The zero-order valence-electron chi connectivity index (χ0n) is 9.72. The number of pyridine rings is 1. The van der Waals surface area contributed by atoms with Crippen molar-refractivity contribution in [2.24, 2.45) is 0 Å². The van der Waals surface area contributed by atoms with Crippen LogP contribution in [0.5, 0.6) is 11.5 Å². The Morgan fingerprint density at radius 2 is 2.05 bits per heavy atom. The van der Waals surface area contributed by atoms with Crippen molar-refractivity contribution in [2.75, 3.05) is 12.1 Å². The molecule has 0 saturated heterocycles. The van der Waals surface area contributed by atoms with Gasteiger partial charge in [-0.2, -0.15) is 0 Å². The van der Waals surface area contributed by atoms with Crippen LogP contribution < -0.4 is 14.8 Å². The summed E-state index contributed by atoms with van der Waals surface area (Å²) in [5.74, 6) is 1.48. The lowest BCUT2D eigenvalue weighted by Crippen LogP contribution is -2.12. The Morgan fingerprint density at radius 1 is 1.21 bits per heavy atom. The number of rotatable bonds is 2. The van der Waals surface area contributed by atoms with E-state index in [1.807, 2.05) is 6.07 Å². The van der Waals surface area contributed by atoms with E-state index in [-0.39, 0.29) is 12.7 Å². The van der Waals surface area contributed by atoms with Crippen LogP contribution in [0.1, 0.15) is 10.4 Å². The summed E-state index contributed by atoms with van der Waals surface area (Å²) in [5, 5.41) is 2.71. The normalized spacial score (nSPS) is 12.3. The van der Waals surface area contributed by atoms with Gasteiger partial charge in [-0.3, -0.25) is 4.79 Å². The predicted octanol–water partition coefficient (Wildman–Crippen LogP) is 2.83. The minimum atomic E-state index is -0.242. The summed E-state index contributed by atoms with van der Waals surface area (Å²) in [6.07, 6.45) is 1.62. The molecule has 1 amide bonds. The van der Waals surface area contributed by atoms with E-state index in [4.69, 9.17) is 9.47 Å². The molecule has 5 nitrogen and oxygen atoms in total. The van der Waals surface area contributed by atoms with Gasteiger partial charge in [0.1, 0.15) is 5.82 Å². The van der Waals surface area contributed by atoms with Gasteiger partial charge >= 0.3 is 0 Å². The van der Waals surface area contributed by atoms with E-state index in [1.165, 1.54) is 0 Å². The highest BCUT2D eigenvalue weighted by molar-refractivity contribution is 9.10. The minimum Gasteiger partial charge on any atom is -0.454 e. The van der Waals surface area contributed by atoms with Crippen molar-refractivity contribution >= 4 is 27.7 Å². The van der Waals surface area contributed by atoms with Crippen LogP contribution >= 0.6 is 15.9 Å². The number of hydrogen-bond acceptors (Lipinski definition) is 4. The molecule has 1 aliphatic rings. The van der Waals surface area contributed by atoms with E-state index in [0.717, 1.165) is 4.47 Å². The average Bonchev–Trinajstić information content (AvgIpc) is 2.88. The number of amides is 1. The van der Waals surface area contributed by atoms with Gasteiger partial charge in [0.25, 0.3) is 5.91 Å². The van der Waals surface area contributed by atoms with Crippen molar-refractivity contribution < 1.29 is 14.3 Å². The van der Waals surface area contributed by atoms with Crippen LogP contribution in [0.15, 0.2) is 41.0 Å². The molecular weight excluding hydrogens is 312 g/mol. The fourth-order valence-corrected chi connectivity index (χ4v) is 1.91. The molecule has 1 aromatic carbocycles. The van der Waals surface area contributed by atoms with Crippen molar-refractivity contribution in [1.82, 2.24) is 4.98 Å². The number of anilines is 1. The van der Waals surface area contributed by atoms with Crippen molar-refractivity contribution in [2.45, 2.75) is 0 Å². The van der Waals surface area contributed by atoms with Gasteiger partial charge in [0.2, 0.25) is 6.79 Å². The largest absolute Gasteiger partial charge is 0.454 e. The Hall–Kier alpha value is -2.08. The van der Waals surface area contributed by atoms with Crippen molar-refractivity contribution in [1.29, 1.82) is 0 Å². The standard InChI is InChI=1S/C13H9BrN2O3/c14-9-2-4-12(15-6-9)16-13(17)8-1-3-10-11(5-8)19-7-18-10/h1-6H,7H2,(H,15,16,17). The first-order valence-electron chi connectivity index (χ1n) is 5.55. The number of carbonyl (C=O) groups excluding carboxylic acids is 1. The number of aromatic nitrogens is 1. The van der Waals surface area contributed by atoms with Crippen molar-refractivity contribution in [3.63, 3.8) is 0 Å². The topological polar surface area (TPSA) is 60.5 Å². The molecule has 0 unspecified atom stereocenters. The lowest BCUT2D eigenvalue weighted by molar-refractivity contribution is 0.102. The monoisotopic (exact) mass is 320 g/mol. The van der Waals surface area contributed by atoms with E-state index in [9.17, 15) is 4.79 Å². The van der Waals surface area contributed by atoms with Gasteiger partial charge in [0.05, 0.1) is 0 Å². The van der Waals surface area contributed by atoms with Crippen molar-refractivity contribution in [3.05, 3.63) is 46.6 Å². The molecule has 0 fully saturated rings. The number of nitrogens with zero attached hydrogens (tertiary/aromatic N) is 1. The first kappa shape index (κ1) is 12.0. The van der Waals surface area contributed by atoms with Gasteiger partial charge in [-0.05, 0) is 46.3 Å². The van der Waals surface area contributed by atoms with Crippen LogP contribution in [-0.4, -0.2) is 17.7 Å². The smallest absolute Gasteiger partial charge is 0.256 e. The number of halogens is 1. The highest BCUT2D eigenvalue weighted by Crippen LogP contribution is 2.32. The van der Waals surface area contributed by atoms with E-state index in [2.05, 4.69) is 26.2 Å². The van der Waals surface area contributed by atoms with E-state index in [0.29, 0.717) is 22.9 Å². The van der Waals surface area contributed by atoms with Crippen LogP contribution in [0, 0.1) is 0 Å². The third-order valence-corrected chi connectivity index (χ3v) is 3.07. The third-order valence-electron chi connectivity index (χ3n) is 2.60. The first-order valence-corrected chi connectivity index (χ1v) is 6.34. The van der Waals surface area contributed by atoms with Crippen LogP contribution in [0.4, 0.5) is 5.82 Å². The number of carbonyl (C=O) groups is 1. The average molecular weight is 321 g/mol. The summed E-state index contributed by atoms with van der Waals surface area (Å²) in [6.45, 7) is 0.189. The zero-order chi connectivity index (χ0) is 13.2. The molecule has 0 saturated carbocycles. The van der Waals surface area contributed by atoms with E-state index < -0.39 is 0 Å². The maximum Gasteiger partial charge on any atom is 0.256 e. The van der Waals surface area contributed by atoms with E-state index in [1.54, 1.807) is 30.5 Å². The fraction of sp³-hybridized carbons (Fsp3) is 0.0769. The second-order valence-electron chi connectivity index (χ2n) is 3.88. The molecule has 1 aromatic heterocycles. The molecular formula is C13H9BrN2O3. The Morgan fingerprint density at radius 3 is 2.84 bits per heavy atom. The molecule has 3 rings (SSSR count). The molecule has 0 atom stereocenters. The Kier molecular flexibility index (Phi) is 3.08. The van der Waals surface area contributed by atoms with Crippen LogP contribution in [0.25, 0.3) is 0 Å². The second kappa shape index (κ2) is 4.89. The van der Waals surface area contributed by atoms with Gasteiger partial charge in [-0.1, -0.05) is 0 Å². The third kappa shape index (κ3) is 2.53. The minimum absolute atomic E-state index is 0.189. The second-order valence-corrected chi connectivity index (χ2v) is 4.80. The fourth-order valence-electron chi connectivity index (χ4n) is 1.68. The molecule has 0 radical (unpaired) electrons. The molecule has 19 heavy (non-hydrogen) atoms. The molecule has 2 aromatic rings. The lowest BCUT2D eigenvalue weighted by Gasteiger charge is -2.05. The molecule has 1 aliphatic heterocycles. The zero-order valence-corrected chi connectivity index (χ0v) is 11.3. The maximum absolute atomic E-state index is 12.0. The van der Waals surface area contributed by atoms with Gasteiger partial charge in [0, 0.05) is 16.2 Å². The maximum atomic E-state index is 12.0. The molecule has 6 heteroatoms. The van der Waals surface area contributed by atoms with E-state index >= 15 is 0 Å². The summed E-state index contributed by atoms with van der Waals surface area (Å²) >= 11 is 3.28. The summed E-state index contributed by atoms with van der Waals surface area (Å²) in [7, 11) is 0. The quantitative estimate of drug-likeness (QED) is 0.924. The number of nitrogens with one attached hydrogen (secondary N) is 1. The predicted molar refractivity (Wildman–Crippen MR) is 72.5 cm³/mol. The Bertz CT molecular complexity index is 628. The summed E-state index contributed by atoms with van der Waals surface area (Å²) in [5.41, 5.74) is 0.494. The van der Waals surface area contributed by atoms with Gasteiger partial charge in [0.15, 0.2) is 11.5 Å². The number of ether oxygens (including phenoxy) is 2. The van der Waals surface area contributed by atoms with Gasteiger partial charge < -0.3 is 14.8 Å². The molecule has 2 heterocycles. The number of benzene rings is 1. The molecule has 0 spiro atoms. The SMILES string of the molecule is O=C(Nc1ccc(Br)cn1)c1ccc2c(c1)OCO2. The highest BCUT2D eigenvalue weighted by atomic mass is 79.9. The molecule has 96 valence electrons. The number of fused-ring (bicyclic) bond motifs is 1. The van der Waals surface area contributed by atoms with Crippen LogP contribution in [0.3, 0.4) is 0 Å². The highest BCUT2D eigenvalue weighted by Gasteiger charge is 2.16. The summed E-state index contributed by atoms with van der Waals surface area (Å²) in [4.78, 5) is 16.1. The molecule has 1 N–H and O–H groups in total. The lowest BCUT2D eigenvalue weighted by atomic mass is 10.2. The Balaban J connectivity index is 1.78. The van der Waals surface area contributed by atoms with Crippen LogP contribution in [-0.2, 0) is 0 Å². The van der Waals surface area contributed by atoms with Crippen LogP contribution in [0.2, 0.25) is 0 Å². The van der Waals surface area contributed by atoms with Crippen molar-refractivity contribution in [3.8, 4) is 11.5 Å². The molecule has 0 aliphatic carbocycles. The Labute approximate surface area is 117 Å². The van der Waals surface area contributed by atoms with Gasteiger partial charge in [-0.25, -0.2) is 4.98 Å².